The molecule has 0 unspecified atom stereocenters. The fraction of sp³-hybridized carbons (Fsp3) is 0.559. The van der Waals surface area contributed by atoms with Crippen molar-refractivity contribution in [3.63, 3.8) is 0 Å². The average Bonchev–Trinajstić information content (AvgIpc) is 3.54. The van der Waals surface area contributed by atoms with Crippen molar-refractivity contribution in [2.24, 2.45) is 10.8 Å². The van der Waals surface area contributed by atoms with E-state index in [1.165, 1.54) is 19.5 Å². The minimum absolute atomic E-state index is 0.00381. The molecular formula is C59H81BN10O8. The van der Waals surface area contributed by atoms with Crippen LogP contribution in [0.2, 0.25) is 0 Å². The number of benzene rings is 3. The van der Waals surface area contributed by atoms with E-state index in [1.807, 2.05) is 77.9 Å². The van der Waals surface area contributed by atoms with Gasteiger partial charge in [-0.05, 0) is 131 Å². The molecule has 8 atom stereocenters. The Morgan fingerprint density at radius 1 is 0.551 bits per heavy atom. The number of rotatable bonds is 14. The van der Waals surface area contributed by atoms with Gasteiger partial charge < -0.3 is 45.7 Å². The smallest absolute Gasteiger partial charge is 0.253 e. The number of piperazine rings is 2. The van der Waals surface area contributed by atoms with E-state index in [4.69, 9.17) is 7.98 Å². The van der Waals surface area contributed by atoms with Gasteiger partial charge in [0.2, 0.25) is 35.4 Å². The zero-order valence-electron chi connectivity index (χ0n) is 47.6. The predicted molar refractivity (Wildman–Crippen MR) is 299 cm³/mol. The van der Waals surface area contributed by atoms with Gasteiger partial charge in [-0.15, -0.1) is 0 Å². The fourth-order valence-electron chi connectivity index (χ4n) is 10.9. The monoisotopic (exact) mass is 1070 g/mol. The Morgan fingerprint density at radius 2 is 0.923 bits per heavy atom. The number of aryl methyl sites for hydroxylation is 2. The Kier molecular flexibility index (Phi) is 18.6. The molecule has 0 bridgehead atoms. The van der Waals surface area contributed by atoms with Crippen molar-refractivity contribution in [3.05, 3.63) is 106 Å². The Morgan fingerprint density at radius 3 is 1.28 bits per heavy atom. The average molecular weight is 1070 g/mol. The lowest BCUT2D eigenvalue weighted by Gasteiger charge is -2.44. The lowest BCUT2D eigenvalue weighted by Crippen LogP contribution is -2.66. The molecule has 3 aromatic rings. The van der Waals surface area contributed by atoms with E-state index in [9.17, 15) is 38.4 Å². The van der Waals surface area contributed by atoms with Gasteiger partial charge in [0.25, 0.3) is 11.8 Å². The molecular weight excluding hydrogens is 988 g/mol. The topological polar surface area (TPSA) is 204 Å². The summed E-state index contributed by atoms with van der Waals surface area (Å²) in [4.78, 5) is 124. The molecule has 2 heterocycles. The van der Waals surface area contributed by atoms with E-state index in [0.717, 1.165) is 47.9 Å². The third kappa shape index (κ3) is 13.4. The Hall–Kier alpha value is -6.60. The number of nitrogens with one attached hydrogen (secondary N) is 4. The molecule has 3 aromatic carbocycles. The second-order valence-electron chi connectivity index (χ2n) is 24.1. The van der Waals surface area contributed by atoms with E-state index in [1.54, 1.807) is 69.1 Å². The molecule has 2 aliphatic heterocycles. The molecule has 0 spiro atoms. The number of hydrogen-bond acceptors (Lipinski definition) is 10. The van der Waals surface area contributed by atoms with Gasteiger partial charge in [-0.3, -0.25) is 43.3 Å². The zero-order chi connectivity index (χ0) is 57.0. The number of amides is 8. The summed E-state index contributed by atoms with van der Waals surface area (Å²) in [6.07, 6.45) is 4.92. The minimum Gasteiger partial charge on any atom is -0.347 e. The SMILES string of the molecule is [B]N(C)[C@@H](C)C(=O)N[C@H](C(=O)N1CCN(C(=O)c2ccc(C(=O)N3CCN(C(=O)[C@@H](NC(=O)[C@H](C)N(C)C)C(C)(C)C)[C@H](C(=O)N[C@@H]4CCCc5ccccc54)C3)cc2)C[C@H]1C(=O)N[C@@H]1CCCc2ccccc21)C(C)(C)C. The number of carbonyl (C=O) groups excluding carboxylic acids is 8. The van der Waals surface area contributed by atoms with E-state index in [0.29, 0.717) is 12.8 Å². The van der Waals surface area contributed by atoms with Crippen molar-refractivity contribution < 1.29 is 38.4 Å². The van der Waals surface area contributed by atoms with Crippen molar-refractivity contribution in [3.8, 4) is 0 Å². The van der Waals surface area contributed by atoms with Gasteiger partial charge in [0, 0.05) is 37.3 Å². The lowest BCUT2D eigenvalue weighted by molar-refractivity contribution is -0.149. The standard InChI is InChI=1S/C59H81BN10O8/c1-36(65(9)10)50(71)63-48(58(3,4)5)56(77)69-32-30-67(34-46(69)52(73)61-44-24-16-20-38-18-12-14-22-42(38)44)54(75)40-26-28-41(29-27-40)55(76)68-31-33-70(57(78)49(59(6,7)8)64-51(72)37(2)66(11)60)47(35-68)53(74)62-45-25-17-21-39-19-13-15-23-43(39)45/h12-15,18-19,22-23,26-29,36-37,44-49H,16-17,20-21,24-25,30-35H2,1-11H3,(H,61,73)(H,62,74)(H,63,71)(H,64,72)/t36-,37-,44+,45+,46-,47-,48+,49+/m0/s1. The molecule has 2 saturated heterocycles. The van der Waals surface area contributed by atoms with Gasteiger partial charge in [0.05, 0.1) is 37.3 Å². The molecule has 2 fully saturated rings. The first-order chi connectivity index (χ1) is 36.8. The van der Waals surface area contributed by atoms with Crippen LogP contribution in [0, 0.1) is 10.8 Å². The van der Waals surface area contributed by atoms with Crippen LogP contribution in [0.3, 0.4) is 0 Å². The summed E-state index contributed by atoms with van der Waals surface area (Å²) >= 11 is 0. The first kappa shape index (κ1) is 59.1. The largest absolute Gasteiger partial charge is 0.347 e. The summed E-state index contributed by atoms with van der Waals surface area (Å²) < 4.78 is 0. The maximum absolute atomic E-state index is 14.8. The van der Waals surface area contributed by atoms with Crippen molar-refractivity contribution in [2.45, 2.75) is 142 Å². The highest BCUT2D eigenvalue weighted by molar-refractivity contribution is 6.07. The van der Waals surface area contributed by atoms with E-state index in [-0.39, 0.29) is 68.4 Å². The number of carbonyl (C=O) groups is 8. The maximum Gasteiger partial charge on any atom is 0.253 e. The van der Waals surface area contributed by atoms with Crippen LogP contribution >= 0.6 is 0 Å². The molecule has 2 radical (unpaired) electrons. The summed E-state index contributed by atoms with van der Waals surface area (Å²) in [6, 6.07) is 16.1. The number of likely N-dealkylation sites (N-methyl/N-ethyl adjacent to an activating group) is 2. The number of nitrogens with zero attached hydrogens (tertiary/aromatic N) is 6. The van der Waals surface area contributed by atoms with Crippen LogP contribution in [0.5, 0.6) is 0 Å². The van der Waals surface area contributed by atoms with Crippen LogP contribution in [-0.2, 0) is 41.6 Å². The van der Waals surface area contributed by atoms with Crippen molar-refractivity contribution >= 4 is 55.2 Å². The molecule has 7 rings (SSSR count). The molecule has 18 nitrogen and oxygen atoms in total. The summed E-state index contributed by atoms with van der Waals surface area (Å²) in [7, 11) is 11.0. The number of fused-ring (bicyclic) bond motifs is 2. The van der Waals surface area contributed by atoms with Crippen LogP contribution in [0.15, 0.2) is 72.8 Å². The summed E-state index contributed by atoms with van der Waals surface area (Å²) in [5.41, 5.74) is 3.34. The van der Waals surface area contributed by atoms with Crippen LogP contribution in [0.4, 0.5) is 0 Å². The summed E-state index contributed by atoms with van der Waals surface area (Å²) in [5.74, 6) is -3.29. The van der Waals surface area contributed by atoms with Crippen LogP contribution < -0.4 is 21.3 Å². The second kappa shape index (κ2) is 24.6. The van der Waals surface area contributed by atoms with Crippen molar-refractivity contribution in [2.75, 3.05) is 60.4 Å². The van der Waals surface area contributed by atoms with E-state index >= 15 is 0 Å². The fourth-order valence-corrected chi connectivity index (χ4v) is 10.9. The summed E-state index contributed by atoms with van der Waals surface area (Å²) in [6.45, 7) is 14.4. The molecule has 0 saturated carbocycles. The third-order valence-electron chi connectivity index (χ3n) is 16.2. The quantitative estimate of drug-likeness (QED) is 0.172. The highest BCUT2D eigenvalue weighted by Crippen LogP contribution is 2.33. The first-order valence-electron chi connectivity index (χ1n) is 27.6. The first-order valence-corrected chi connectivity index (χ1v) is 27.6. The van der Waals surface area contributed by atoms with Gasteiger partial charge in [0.15, 0.2) is 7.98 Å². The van der Waals surface area contributed by atoms with Crippen LogP contribution in [-0.4, -0.2) is 181 Å². The highest BCUT2D eigenvalue weighted by Gasteiger charge is 2.46. The predicted octanol–water partition coefficient (Wildman–Crippen LogP) is 3.80. The third-order valence-corrected chi connectivity index (χ3v) is 16.2. The molecule has 4 aliphatic rings. The Balaban J connectivity index is 1.11. The maximum atomic E-state index is 14.8. The minimum atomic E-state index is -1.11. The van der Waals surface area contributed by atoms with Gasteiger partial charge >= 0.3 is 0 Å². The van der Waals surface area contributed by atoms with Gasteiger partial charge in [-0.1, -0.05) is 90.1 Å². The molecule has 0 aromatic heterocycles. The van der Waals surface area contributed by atoms with Crippen LogP contribution in [0.25, 0.3) is 0 Å². The lowest BCUT2D eigenvalue weighted by atomic mass is 9.84. The van der Waals surface area contributed by atoms with Crippen molar-refractivity contribution in [1.82, 2.24) is 50.6 Å². The second-order valence-corrected chi connectivity index (χ2v) is 24.1. The van der Waals surface area contributed by atoms with Crippen LogP contribution in [0.1, 0.15) is 136 Å². The number of hydrogen-bond donors (Lipinski definition) is 4. The Labute approximate surface area is 462 Å². The molecule has 8 amide bonds. The molecule has 19 heteroatoms. The highest BCUT2D eigenvalue weighted by atomic mass is 16.2. The molecule has 418 valence electrons. The molecule has 4 N–H and O–H groups in total. The summed E-state index contributed by atoms with van der Waals surface area (Å²) in [5, 5.41) is 12.3. The Bertz CT molecular complexity index is 2540. The van der Waals surface area contributed by atoms with Gasteiger partial charge in [0.1, 0.15) is 24.2 Å². The normalized spacial score (nSPS) is 21.3. The van der Waals surface area contributed by atoms with E-state index < -0.39 is 88.4 Å². The zero-order valence-corrected chi connectivity index (χ0v) is 47.6. The molecule has 2 aliphatic carbocycles. The van der Waals surface area contributed by atoms with Gasteiger partial charge in [-0.25, -0.2) is 0 Å². The van der Waals surface area contributed by atoms with Crippen molar-refractivity contribution in [1.29, 1.82) is 0 Å². The molecule has 78 heavy (non-hydrogen) atoms. The van der Waals surface area contributed by atoms with E-state index in [2.05, 4.69) is 33.4 Å². The van der Waals surface area contributed by atoms with Gasteiger partial charge in [-0.2, -0.15) is 0 Å².